The predicted octanol–water partition coefficient (Wildman–Crippen LogP) is 13.9. The normalized spacial score (nSPS) is 14.9. The average Bonchev–Trinajstić information content (AvgIpc) is 3.77. The minimum absolute atomic E-state index is 0.615. The summed E-state index contributed by atoms with van der Waals surface area (Å²) in [6, 6.07) is 70.8. The van der Waals surface area contributed by atoms with E-state index in [4.69, 9.17) is 9.97 Å². The van der Waals surface area contributed by atoms with Gasteiger partial charge in [-0.1, -0.05) is 176 Å². The molecule has 2 aliphatic carbocycles. The molecule has 0 N–H and O–H groups in total. The molecular formula is C53H32N2S. The van der Waals surface area contributed by atoms with Crippen molar-refractivity contribution in [2.24, 2.45) is 0 Å². The van der Waals surface area contributed by atoms with Gasteiger partial charge in [-0.2, -0.15) is 0 Å². The molecule has 0 bridgehead atoms. The molecule has 1 atom stereocenters. The summed E-state index contributed by atoms with van der Waals surface area (Å²) in [7, 11) is 0. The summed E-state index contributed by atoms with van der Waals surface area (Å²) < 4.78 is 2.66. The Morgan fingerprint density at radius 2 is 0.911 bits per heavy atom. The molecule has 10 aromatic rings. The van der Waals surface area contributed by atoms with Gasteiger partial charge >= 0.3 is 0 Å². The predicted molar refractivity (Wildman–Crippen MR) is 233 cm³/mol. The number of hydrogen-bond donors (Lipinski definition) is 0. The SMILES string of the molecule is c1ccc(-c2cc(-c3ccccc3)nc(-c3ccc4c(c3)C3(c5ccccc5-c5ccccc5-4)c4ccccc4-c4c3ccc3c4sc4ccccc43)n2)cc1. The highest BCUT2D eigenvalue weighted by Gasteiger charge is 2.50. The Morgan fingerprint density at radius 3 is 1.61 bits per heavy atom. The van der Waals surface area contributed by atoms with Crippen LogP contribution < -0.4 is 0 Å². The van der Waals surface area contributed by atoms with E-state index in [9.17, 15) is 0 Å². The van der Waals surface area contributed by atoms with Crippen LogP contribution in [-0.2, 0) is 5.41 Å². The van der Waals surface area contributed by atoms with E-state index in [0.717, 1.165) is 28.1 Å². The highest BCUT2D eigenvalue weighted by Crippen LogP contribution is 2.63. The van der Waals surface area contributed by atoms with Gasteiger partial charge < -0.3 is 0 Å². The van der Waals surface area contributed by atoms with Gasteiger partial charge in [-0.3, -0.25) is 0 Å². The summed E-state index contributed by atoms with van der Waals surface area (Å²) in [4.78, 5) is 10.6. The van der Waals surface area contributed by atoms with Gasteiger partial charge in [0.15, 0.2) is 5.82 Å². The third kappa shape index (κ3) is 4.38. The number of rotatable bonds is 3. The summed E-state index contributed by atoms with van der Waals surface area (Å²) >= 11 is 1.91. The van der Waals surface area contributed by atoms with Crippen LogP contribution in [0.5, 0.6) is 0 Å². The Labute approximate surface area is 329 Å². The molecule has 0 fully saturated rings. The third-order valence-corrected chi connectivity index (χ3v) is 13.1. The van der Waals surface area contributed by atoms with Gasteiger partial charge in [0.1, 0.15) is 0 Å². The molecule has 0 aliphatic heterocycles. The van der Waals surface area contributed by atoms with Gasteiger partial charge in [-0.05, 0) is 68.3 Å². The monoisotopic (exact) mass is 728 g/mol. The average molecular weight is 729 g/mol. The zero-order chi connectivity index (χ0) is 36.8. The molecular weight excluding hydrogens is 697 g/mol. The molecule has 1 spiro atoms. The van der Waals surface area contributed by atoms with Gasteiger partial charge in [0.2, 0.25) is 0 Å². The van der Waals surface area contributed by atoms with Crippen LogP contribution in [0.1, 0.15) is 22.3 Å². The van der Waals surface area contributed by atoms with Crippen molar-refractivity contribution >= 4 is 31.5 Å². The first-order valence-corrected chi connectivity index (χ1v) is 20.0. The smallest absolute Gasteiger partial charge is 0.160 e. The van der Waals surface area contributed by atoms with Crippen LogP contribution in [0.2, 0.25) is 0 Å². The molecule has 0 amide bonds. The number of hydrogen-bond acceptors (Lipinski definition) is 3. The molecule has 0 saturated heterocycles. The van der Waals surface area contributed by atoms with Crippen molar-refractivity contribution in [3.05, 3.63) is 216 Å². The maximum absolute atomic E-state index is 5.32. The van der Waals surface area contributed by atoms with Gasteiger partial charge in [0.25, 0.3) is 0 Å². The molecule has 2 aromatic heterocycles. The van der Waals surface area contributed by atoms with Crippen LogP contribution in [0.3, 0.4) is 0 Å². The maximum Gasteiger partial charge on any atom is 0.160 e. The van der Waals surface area contributed by atoms with Crippen LogP contribution in [0.25, 0.3) is 87.5 Å². The van der Waals surface area contributed by atoms with Crippen LogP contribution in [-0.4, -0.2) is 9.97 Å². The second-order valence-electron chi connectivity index (χ2n) is 14.8. The van der Waals surface area contributed by atoms with Crippen LogP contribution in [0.15, 0.2) is 194 Å². The molecule has 0 radical (unpaired) electrons. The maximum atomic E-state index is 5.32. The topological polar surface area (TPSA) is 25.8 Å². The quantitative estimate of drug-likeness (QED) is 0.181. The summed E-state index contributed by atoms with van der Waals surface area (Å²) in [5, 5.41) is 2.63. The summed E-state index contributed by atoms with van der Waals surface area (Å²) in [6.07, 6.45) is 0. The van der Waals surface area contributed by atoms with Crippen LogP contribution in [0, 0.1) is 0 Å². The summed E-state index contributed by atoms with van der Waals surface area (Å²) in [5.41, 5.74) is 17.1. The number of nitrogens with zero attached hydrogens (tertiary/aromatic N) is 2. The van der Waals surface area contributed by atoms with Gasteiger partial charge in [0.05, 0.1) is 16.8 Å². The fourth-order valence-electron chi connectivity index (χ4n) is 9.58. The van der Waals surface area contributed by atoms with E-state index in [1.54, 1.807) is 0 Å². The standard InChI is InChI=1S/C53H32N2S/c1-3-15-33(16-4-1)47-32-48(34-17-5-2-6-18-34)55-52(54-47)35-27-28-39-37-20-8-7-19-36(37)38-21-9-12-24-43(38)53(46(39)31-35)44-25-13-10-23-42(44)50-45(53)30-29-41-40-22-11-14-26-49(40)56-51(41)50/h1-32H. The minimum Gasteiger partial charge on any atom is -0.228 e. The van der Waals surface area contributed by atoms with E-state index in [1.807, 2.05) is 11.3 Å². The molecule has 8 aromatic carbocycles. The highest BCUT2D eigenvalue weighted by molar-refractivity contribution is 7.26. The second kappa shape index (κ2) is 12.0. The zero-order valence-electron chi connectivity index (χ0n) is 30.3. The Balaban J connectivity index is 1.22. The van der Waals surface area contributed by atoms with E-state index in [2.05, 4.69) is 194 Å². The van der Waals surface area contributed by atoms with Crippen molar-refractivity contribution in [1.82, 2.24) is 9.97 Å². The fourth-order valence-corrected chi connectivity index (χ4v) is 10.8. The molecule has 2 aliphatic rings. The minimum atomic E-state index is -0.615. The Morgan fingerprint density at radius 1 is 0.357 bits per heavy atom. The first-order valence-electron chi connectivity index (χ1n) is 19.2. The molecule has 2 heterocycles. The lowest BCUT2D eigenvalue weighted by Gasteiger charge is -2.35. The van der Waals surface area contributed by atoms with Gasteiger partial charge in [0, 0.05) is 42.4 Å². The molecule has 3 heteroatoms. The first-order chi connectivity index (χ1) is 27.8. The Hall–Kier alpha value is -6.94. The molecule has 260 valence electrons. The number of fused-ring (bicyclic) bond motifs is 16. The lowest BCUT2D eigenvalue weighted by atomic mass is 9.65. The van der Waals surface area contributed by atoms with Crippen molar-refractivity contribution in [3.63, 3.8) is 0 Å². The summed E-state index contributed by atoms with van der Waals surface area (Å²) in [5.74, 6) is 0.709. The van der Waals surface area contributed by atoms with Crippen molar-refractivity contribution in [2.45, 2.75) is 5.41 Å². The van der Waals surface area contributed by atoms with E-state index in [1.165, 1.54) is 75.8 Å². The lowest BCUT2D eigenvalue weighted by molar-refractivity contribution is 0.776. The van der Waals surface area contributed by atoms with Gasteiger partial charge in [-0.25, -0.2) is 9.97 Å². The number of aromatic nitrogens is 2. The van der Waals surface area contributed by atoms with E-state index in [0.29, 0.717) is 5.82 Å². The van der Waals surface area contributed by atoms with Gasteiger partial charge in [-0.15, -0.1) is 11.3 Å². The molecule has 2 nitrogen and oxygen atoms in total. The number of thiophene rings is 1. The van der Waals surface area contributed by atoms with Crippen LogP contribution in [0.4, 0.5) is 0 Å². The van der Waals surface area contributed by atoms with E-state index >= 15 is 0 Å². The molecule has 1 unspecified atom stereocenters. The number of benzene rings is 8. The lowest BCUT2D eigenvalue weighted by Crippen LogP contribution is -2.29. The molecule has 0 saturated carbocycles. The highest BCUT2D eigenvalue weighted by atomic mass is 32.1. The van der Waals surface area contributed by atoms with Crippen molar-refractivity contribution in [3.8, 4) is 67.3 Å². The van der Waals surface area contributed by atoms with E-state index in [-0.39, 0.29) is 0 Å². The Kier molecular flexibility index (Phi) is 6.75. The second-order valence-corrected chi connectivity index (χ2v) is 15.9. The van der Waals surface area contributed by atoms with Crippen LogP contribution >= 0.6 is 11.3 Å². The first kappa shape index (κ1) is 31.4. The largest absolute Gasteiger partial charge is 0.228 e. The molecule has 56 heavy (non-hydrogen) atoms. The van der Waals surface area contributed by atoms with Crippen molar-refractivity contribution < 1.29 is 0 Å². The Bertz CT molecular complexity index is 3140. The zero-order valence-corrected chi connectivity index (χ0v) is 31.1. The van der Waals surface area contributed by atoms with Crippen molar-refractivity contribution in [1.29, 1.82) is 0 Å². The van der Waals surface area contributed by atoms with E-state index < -0.39 is 5.41 Å². The van der Waals surface area contributed by atoms with Crippen molar-refractivity contribution in [2.75, 3.05) is 0 Å². The summed E-state index contributed by atoms with van der Waals surface area (Å²) in [6.45, 7) is 0. The fraction of sp³-hybridized carbons (Fsp3) is 0.0189. The third-order valence-electron chi connectivity index (χ3n) is 11.9. The molecule has 12 rings (SSSR count).